The third kappa shape index (κ3) is 5.97. The van der Waals surface area contributed by atoms with E-state index in [2.05, 4.69) is 4.98 Å². The maximum atomic E-state index is 14.5. The van der Waals surface area contributed by atoms with Crippen LogP contribution in [0, 0.1) is 0 Å². The van der Waals surface area contributed by atoms with Crippen LogP contribution >= 0.6 is 0 Å². The Morgan fingerprint density at radius 3 is 1.84 bits per heavy atom. The molecule has 0 aliphatic carbocycles. The standard InChI is InChI=1S/C39H26N2O7S/c42-36(26-13-4-1-5-14-26)35-37(48-39(44)28-17-8-3-9-18-28)31-19-10-11-21-33(31)49(45,46)41(35)25-29-22-23-32(34-30(29)20-12-24-40-34)47-38(43)27-15-6-2-7-16-27/h1-24H,25H2. The molecule has 7 rings (SSSR count). The number of esters is 2. The van der Waals surface area contributed by atoms with Crippen LogP contribution < -0.4 is 4.74 Å². The van der Waals surface area contributed by atoms with E-state index in [4.69, 9.17) is 9.47 Å². The molecule has 0 spiro atoms. The van der Waals surface area contributed by atoms with Crippen LogP contribution in [0.4, 0.5) is 0 Å². The van der Waals surface area contributed by atoms with E-state index in [0.717, 1.165) is 4.31 Å². The highest BCUT2D eigenvalue weighted by molar-refractivity contribution is 7.89. The molecular weight excluding hydrogens is 641 g/mol. The Morgan fingerprint density at radius 1 is 0.612 bits per heavy atom. The fraction of sp³-hybridized carbons (Fsp3) is 0.0256. The number of nitrogens with zero attached hydrogens (tertiary/aromatic N) is 2. The first kappa shape index (κ1) is 31.2. The Bertz CT molecular complexity index is 2380. The van der Waals surface area contributed by atoms with Crippen molar-refractivity contribution in [2.75, 3.05) is 0 Å². The van der Waals surface area contributed by atoms with Gasteiger partial charge in [0.1, 0.15) is 11.2 Å². The van der Waals surface area contributed by atoms with Crippen molar-refractivity contribution in [3.8, 4) is 5.75 Å². The van der Waals surface area contributed by atoms with Gasteiger partial charge in [0.15, 0.2) is 11.5 Å². The molecule has 5 aromatic carbocycles. The largest absolute Gasteiger partial charge is 0.421 e. The molecule has 1 aliphatic heterocycles. The third-order valence-corrected chi connectivity index (χ3v) is 9.77. The van der Waals surface area contributed by atoms with Crippen LogP contribution in [0.5, 0.6) is 5.75 Å². The fourth-order valence-corrected chi connectivity index (χ4v) is 7.25. The lowest BCUT2D eigenvalue weighted by Crippen LogP contribution is -2.38. The fourth-order valence-electron chi connectivity index (χ4n) is 5.61. The van der Waals surface area contributed by atoms with Gasteiger partial charge in [-0.15, -0.1) is 0 Å². The van der Waals surface area contributed by atoms with Crippen molar-refractivity contribution in [1.29, 1.82) is 0 Å². The molecule has 0 amide bonds. The lowest BCUT2D eigenvalue weighted by molar-refractivity contribution is 0.0683. The number of pyridine rings is 1. The number of ketones is 1. The Labute approximate surface area is 281 Å². The molecule has 49 heavy (non-hydrogen) atoms. The zero-order valence-electron chi connectivity index (χ0n) is 25.7. The summed E-state index contributed by atoms with van der Waals surface area (Å²) in [5.74, 6) is -2.02. The number of Topliss-reactive ketones (excluding diaryl/α,β-unsaturated/α-hetero) is 1. The highest BCUT2D eigenvalue weighted by Gasteiger charge is 2.42. The predicted octanol–water partition coefficient (Wildman–Crippen LogP) is 7.07. The van der Waals surface area contributed by atoms with Crippen molar-refractivity contribution in [1.82, 2.24) is 9.29 Å². The number of allylic oxidation sites excluding steroid dienone is 1. The van der Waals surface area contributed by atoms with Crippen molar-refractivity contribution in [3.63, 3.8) is 0 Å². The van der Waals surface area contributed by atoms with Crippen LogP contribution in [0.15, 0.2) is 156 Å². The molecule has 9 nitrogen and oxygen atoms in total. The van der Waals surface area contributed by atoms with Crippen molar-refractivity contribution in [2.24, 2.45) is 0 Å². The molecule has 1 aliphatic rings. The molecule has 0 unspecified atom stereocenters. The van der Waals surface area contributed by atoms with E-state index in [-0.39, 0.29) is 45.3 Å². The molecule has 2 heterocycles. The van der Waals surface area contributed by atoms with Gasteiger partial charge in [-0.25, -0.2) is 18.0 Å². The second-order valence-electron chi connectivity index (χ2n) is 11.0. The first-order valence-corrected chi connectivity index (χ1v) is 16.6. The number of hydrogen-bond donors (Lipinski definition) is 0. The van der Waals surface area contributed by atoms with Gasteiger partial charge in [0.05, 0.1) is 22.6 Å². The summed E-state index contributed by atoms with van der Waals surface area (Å²) in [5, 5.41) is 0.490. The Kier molecular flexibility index (Phi) is 8.29. The SMILES string of the molecule is O=C(OC1=C(C(=O)c2ccccc2)N(Cc2ccc(OC(=O)c3ccccc3)c3ncccc23)S(=O)(=O)c2ccccc21)c1ccccc1. The van der Waals surface area contributed by atoms with Gasteiger partial charge < -0.3 is 9.47 Å². The summed E-state index contributed by atoms with van der Waals surface area (Å²) in [7, 11) is -4.39. The molecule has 0 radical (unpaired) electrons. The number of rotatable bonds is 8. The maximum absolute atomic E-state index is 14.5. The van der Waals surface area contributed by atoms with Gasteiger partial charge in [-0.3, -0.25) is 14.1 Å². The minimum Gasteiger partial charge on any atom is -0.421 e. The minimum atomic E-state index is -4.39. The van der Waals surface area contributed by atoms with Crippen molar-refractivity contribution in [3.05, 3.63) is 179 Å². The second-order valence-corrected chi connectivity index (χ2v) is 12.8. The van der Waals surface area contributed by atoms with Crippen LogP contribution in [0.2, 0.25) is 0 Å². The van der Waals surface area contributed by atoms with Gasteiger partial charge in [-0.2, -0.15) is 0 Å². The second kappa shape index (κ2) is 13.0. The Hall–Kier alpha value is -6.39. The van der Waals surface area contributed by atoms with Gasteiger partial charge in [0, 0.05) is 22.7 Å². The predicted molar refractivity (Wildman–Crippen MR) is 182 cm³/mol. The van der Waals surface area contributed by atoms with E-state index >= 15 is 0 Å². The normalized spacial score (nSPS) is 13.4. The van der Waals surface area contributed by atoms with E-state index < -0.39 is 27.7 Å². The summed E-state index contributed by atoms with van der Waals surface area (Å²) in [4.78, 5) is 45.1. The third-order valence-electron chi connectivity index (χ3n) is 7.97. The summed E-state index contributed by atoms with van der Waals surface area (Å²) in [6.45, 7) is -0.341. The van der Waals surface area contributed by atoms with Crippen LogP contribution in [0.3, 0.4) is 0 Å². The zero-order valence-corrected chi connectivity index (χ0v) is 26.5. The molecular formula is C39H26N2O7S. The molecule has 240 valence electrons. The number of aromatic nitrogens is 1. The number of benzene rings is 5. The van der Waals surface area contributed by atoms with Crippen molar-refractivity contribution in [2.45, 2.75) is 11.4 Å². The lowest BCUT2D eigenvalue weighted by Gasteiger charge is -2.33. The minimum absolute atomic E-state index is 0.0806. The van der Waals surface area contributed by atoms with Crippen molar-refractivity contribution >= 4 is 44.4 Å². The summed E-state index contributed by atoms with van der Waals surface area (Å²) in [5.41, 5.74) is 1.28. The van der Waals surface area contributed by atoms with Gasteiger partial charge in [0.25, 0.3) is 10.0 Å². The molecule has 6 aromatic rings. The number of fused-ring (bicyclic) bond motifs is 2. The molecule has 0 saturated carbocycles. The molecule has 0 atom stereocenters. The monoisotopic (exact) mass is 666 g/mol. The highest BCUT2D eigenvalue weighted by Crippen LogP contribution is 2.41. The van der Waals surface area contributed by atoms with Crippen LogP contribution in [-0.2, 0) is 21.3 Å². The van der Waals surface area contributed by atoms with E-state index in [1.807, 2.05) is 0 Å². The summed E-state index contributed by atoms with van der Waals surface area (Å²) < 4.78 is 41.6. The molecule has 0 bridgehead atoms. The quantitative estimate of drug-likeness (QED) is 0.0962. The van der Waals surface area contributed by atoms with Gasteiger partial charge >= 0.3 is 11.9 Å². The summed E-state index contributed by atoms with van der Waals surface area (Å²) in [6, 6.07) is 37.5. The summed E-state index contributed by atoms with van der Waals surface area (Å²) in [6.07, 6.45) is 1.53. The number of carbonyl (C=O) groups is 3. The van der Waals surface area contributed by atoms with Crippen LogP contribution in [-0.4, -0.2) is 35.4 Å². The number of sulfonamides is 1. The van der Waals surface area contributed by atoms with E-state index in [9.17, 15) is 22.8 Å². The van der Waals surface area contributed by atoms with Crippen molar-refractivity contribution < 1.29 is 32.3 Å². The Morgan fingerprint density at radius 2 is 1.18 bits per heavy atom. The highest BCUT2D eigenvalue weighted by atomic mass is 32.2. The van der Waals surface area contributed by atoms with E-state index in [1.165, 1.54) is 24.4 Å². The van der Waals surface area contributed by atoms with Gasteiger partial charge in [-0.05, 0) is 54.1 Å². The molecule has 0 N–H and O–H groups in total. The number of ether oxygens (including phenoxy) is 2. The van der Waals surface area contributed by atoms with Crippen LogP contribution in [0.1, 0.15) is 42.2 Å². The van der Waals surface area contributed by atoms with Crippen LogP contribution in [0.25, 0.3) is 16.7 Å². The smallest absolute Gasteiger partial charge is 0.343 e. The average Bonchev–Trinajstić information content (AvgIpc) is 3.15. The maximum Gasteiger partial charge on any atom is 0.343 e. The van der Waals surface area contributed by atoms with E-state index in [0.29, 0.717) is 22.0 Å². The molecule has 0 fully saturated rings. The lowest BCUT2D eigenvalue weighted by atomic mass is 10.0. The average molecular weight is 667 g/mol. The molecule has 0 saturated heterocycles. The summed E-state index contributed by atoms with van der Waals surface area (Å²) >= 11 is 0. The first-order valence-electron chi connectivity index (χ1n) is 15.2. The molecule has 1 aromatic heterocycles. The first-order chi connectivity index (χ1) is 23.8. The van der Waals surface area contributed by atoms with E-state index in [1.54, 1.807) is 121 Å². The van der Waals surface area contributed by atoms with Gasteiger partial charge in [-0.1, -0.05) is 91.0 Å². The number of carbonyl (C=O) groups excluding carboxylic acids is 3. The topological polar surface area (TPSA) is 120 Å². The number of hydrogen-bond acceptors (Lipinski definition) is 8. The van der Waals surface area contributed by atoms with Gasteiger partial charge in [0.2, 0.25) is 5.78 Å². The molecule has 10 heteroatoms. The zero-order chi connectivity index (χ0) is 34.0. The Balaban J connectivity index is 1.38.